The average Bonchev–Trinajstić information content (AvgIpc) is 3.33. The summed E-state index contributed by atoms with van der Waals surface area (Å²) in [5, 5.41) is 2.68. The molecule has 29 heavy (non-hydrogen) atoms. The molecule has 150 valence electrons. The minimum absolute atomic E-state index is 0.0560. The fraction of sp³-hybridized carbons (Fsp3) is 0.250. The summed E-state index contributed by atoms with van der Waals surface area (Å²) in [5.74, 6) is 0.0139. The summed E-state index contributed by atoms with van der Waals surface area (Å²) in [6, 6.07) is 13.0. The molecule has 4 rings (SSSR count). The van der Waals surface area contributed by atoms with Crippen LogP contribution in [0.3, 0.4) is 0 Å². The summed E-state index contributed by atoms with van der Waals surface area (Å²) >= 11 is 0. The Morgan fingerprint density at radius 2 is 1.86 bits per heavy atom. The number of nitrogens with one attached hydrogen (secondary N) is 1. The van der Waals surface area contributed by atoms with Gasteiger partial charge in [-0.25, -0.2) is 9.59 Å². The number of hydrogen-bond acceptors (Lipinski definition) is 7. The smallest absolute Gasteiger partial charge is 0.413 e. The molecule has 2 aliphatic rings. The van der Waals surface area contributed by atoms with Crippen molar-refractivity contribution in [2.24, 2.45) is 0 Å². The summed E-state index contributed by atoms with van der Waals surface area (Å²) < 4.78 is 20.7. The molecule has 0 aliphatic carbocycles. The van der Waals surface area contributed by atoms with Gasteiger partial charge in [-0.2, -0.15) is 0 Å². The number of fused-ring (bicyclic) bond motifs is 1. The largest absolute Gasteiger partial charge is 0.454 e. The molecular weight excluding hydrogens is 380 g/mol. The maximum Gasteiger partial charge on any atom is 0.413 e. The maximum atomic E-state index is 12.4. The van der Waals surface area contributed by atoms with Crippen molar-refractivity contribution in [1.82, 2.24) is 4.90 Å². The van der Waals surface area contributed by atoms with Gasteiger partial charge in [0.2, 0.25) is 12.7 Å². The first-order valence-electron chi connectivity index (χ1n) is 8.93. The van der Waals surface area contributed by atoms with E-state index in [0.29, 0.717) is 17.2 Å². The first kappa shape index (κ1) is 18.6. The number of ether oxygens (including phenoxy) is 4. The highest BCUT2D eigenvalue weighted by Gasteiger charge is 2.40. The van der Waals surface area contributed by atoms with Crippen LogP contribution in [-0.4, -0.2) is 42.4 Å². The van der Waals surface area contributed by atoms with Gasteiger partial charge in [-0.3, -0.25) is 9.69 Å². The minimum Gasteiger partial charge on any atom is -0.454 e. The van der Waals surface area contributed by atoms with E-state index in [9.17, 15) is 14.4 Å². The number of anilines is 1. The number of benzene rings is 2. The Hall–Kier alpha value is -3.75. The van der Waals surface area contributed by atoms with Gasteiger partial charge in [0.05, 0.1) is 6.42 Å². The van der Waals surface area contributed by atoms with Crippen molar-refractivity contribution >= 4 is 23.7 Å². The van der Waals surface area contributed by atoms with Crippen LogP contribution in [0.25, 0.3) is 0 Å². The Balaban J connectivity index is 1.35. The zero-order valence-electron chi connectivity index (χ0n) is 15.3. The van der Waals surface area contributed by atoms with Crippen molar-refractivity contribution in [3.63, 3.8) is 0 Å². The van der Waals surface area contributed by atoms with E-state index < -0.39 is 24.0 Å². The number of carbonyl (C=O) groups excluding carboxylic acids is 3. The van der Waals surface area contributed by atoms with Crippen molar-refractivity contribution in [1.29, 1.82) is 0 Å². The summed E-state index contributed by atoms with van der Waals surface area (Å²) in [4.78, 5) is 37.9. The molecule has 0 bridgehead atoms. The summed E-state index contributed by atoms with van der Waals surface area (Å²) in [5.41, 5.74) is 1.30. The van der Waals surface area contributed by atoms with Gasteiger partial charge in [0.25, 0.3) is 0 Å². The number of esters is 1. The van der Waals surface area contributed by atoms with Crippen LogP contribution in [-0.2, 0) is 25.7 Å². The van der Waals surface area contributed by atoms with Gasteiger partial charge in [0.15, 0.2) is 18.2 Å². The van der Waals surface area contributed by atoms with E-state index in [1.807, 2.05) is 30.3 Å². The van der Waals surface area contributed by atoms with Gasteiger partial charge >= 0.3 is 12.1 Å². The molecule has 2 aliphatic heterocycles. The van der Waals surface area contributed by atoms with Crippen LogP contribution in [0.15, 0.2) is 48.5 Å². The fourth-order valence-corrected chi connectivity index (χ4v) is 2.98. The Morgan fingerprint density at radius 3 is 2.69 bits per heavy atom. The lowest BCUT2D eigenvalue weighted by molar-refractivity contribution is -0.140. The molecule has 1 N–H and O–H groups in total. The van der Waals surface area contributed by atoms with Crippen molar-refractivity contribution in [2.45, 2.75) is 19.1 Å². The Labute approximate surface area is 166 Å². The van der Waals surface area contributed by atoms with Crippen molar-refractivity contribution in [2.75, 3.05) is 18.8 Å². The molecule has 0 spiro atoms. The molecule has 0 saturated carbocycles. The molecule has 1 atom stereocenters. The van der Waals surface area contributed by atoms with Crippen LogP contribution in [0.5, 0.6) is 11.5 Å². The zero-order valence-corrected chi connectivity index (χ0v) is 15.3. The number of carbonyl (C=O) groups is 3. The Bertz CT molecular complexity index is 932. The maximum absolute atomic E-state index is 12.4. The van der Waals surface area contributed by atoms with Gasteiger partial charge in [0.1, 0.15) is 12.6 Å². The molecule has 2 heterocycles. The molecule has 9 nitrogen and oxygen atoms in total. The molecule has 1 saturated heterocycles. The van der Waals surface area contributed by atoms with E-state index in [2.05, 4.69) is 5.32 Å². The minimum atomic E-state index is -1.05. The highest BCUT2D eigenvalue weighted by atomic mass is 16.7. The highest BCUT2D eigenvalue weighted by molar-refractivity contribution is 5.96. The third kappa shape index (κ3) is 4.23. The molecule has 1 fully saturated rings. The number of hydrogen-bond donors (Lipinski definition) is 1. The number of rotatable bonds is 5. The predicted octanol–water partition coefficient (Wildman–Crippen LogP) is 2.27. The molecule has 2 aromatic rings. The van der Waals surface area contributed by atoms with Gasteiger partial charge in [-0.05, 0) is 17.7 Å². The number of cyclic esters (lactones) is 1. The number of amides is 2. The topological polar surface area (TPSA) is 103 Å². The molecule has 0 unspecified atom stereocenters. The lowest BCUT2D eigenvalue weighted by atomic mass is 10.2. The van der Waals surface area contributed by atoms with E-state index in [1.54, 1.807) is 18.2 Å². The van der Waals surface area contributed by atoms with Crippen LogP contribution in [0.2, 0.25) is 0 Å². The SMILES string of the molecule is O=C(C[C@H]1C(=O)OCN1C(=O)OCc1ccccc1)Nc1ccc2c(c1)OCO2. The molecule has 2 amide bonds. The van der Waals surface area contributed by atoms with Crippen molar-refractivity contribution in [3.8, 4) is 11.5 Å². The summed E-state index contributed by atoms with van der Waals surface area (Å²) in [6.45, 7) is -0.0738. The second-order valence-corrected chi connectivity index (χ2v) is 6.44. The van der Waals surface area contributed by atoms with Crippen LogP contribution in [0, 0.1) is 0 Å². The molecule has 0 radical (unpaired) electrons. The highest BCUT2D eigenvalue weighted by Crippen LogP contribution is 2.34. The lowest BCUT2D eigenvalue weighted by Gasteiger charge is -2.19. The van der Waals surface area contributed by atoms with Crippen LogP contribution in [0.4, 0.5) is 10.5 Å². The standard InChI is InChI=1S/C20H18N2O7/c23-18(21-14-6-7-16-17(8-14)29-12-28-16)9-15-19(24)27-11-22(15)20(25)26-10-13-4-2-1-3-5-13/h1-8,15H,9-12H2,(H,21,23)/t15-/m0/s1. The molecule has 2 aromatic carbocycles. The van der Waals surface area contributed by atoms with Crippen molar-refractivity contribution in [3.05, 3.63) is 54.1 Å². The normalized spacial score (nSPS) is 17.0. The first-order chi connectivity index (χ1) is 14.1. The third-order valence-corrected chi connectivity index (χ3v) is 4.47. The monoisotopic (exact) mass is 398 g/mol. The van der Waals surface area contributed by atoms with Crippen LogP contribution >= 0.6 is 0 Å². The molecular formula is C20H18N2O7. The average molecular weight is 398 g/mol. The summed E-state index contributed by atoms with van der Waals surface area (Å²) in [7, 11) is 0. The van der Waals surface area contributed by atoms with E-state index in [1.165, 1.54) is 0 Å². The van der Waals surface area contributed by atoms with Gasteiger partial charge in [0, 0.05) is 11.8 Å². The summed E-state index contributed by atoms with van der Waals surface area (Å²) in [6.07, 6.45) is -0.978. The van der Waals surface area contributed by atoms with E-state index in [4.69, 9.17) is 18.9 Å². The van der Waals surface area contributed by atoms with Crippen molar-refractivity contribution < 1.29 is 33.3 Å². The van der Waals surface area contributed by atoms with Gasteiger partial charge in [-0.15, -0.1) is 0 Å². The molecule has 0 aromatic heterocycles. The third-order valence-electron chi connectivity index (χ3n) is 4.47. The predicted molar refractivity (Wildman–Crippen MR) is 99.0 cm³/mol. The van der Waals surface area contributed by atoms with E-state index >= 15 is 0 Å². The lowest BCUT2D eigenvalue weighted by Crippen LogP contribution is -2.40. The zero-order chi connectivity index (χ0) is 20.2. The second kappa shape index (κ2) is 8.09. The Kier molecular flexibility index (Phi) is 5.19. The quantitative estimate of drug-likeness (QED) is 0.771. The second-order valence-electron chi connectivity index (χ2n) is 6.44. The number of nitrogens with zero attached hydrogens (tertiary/aromatic N) is 1. The van der Waals surface area contributed by atoms with Gasteiger partial charge in [-0.1, -0.05) is 30.3 Å². The van der Waals surface area contributed by atoms with E-state index in [0.717, 1.165) is 10.5 Å². The van der Waals surface area contributed by atoms with E-state index in [-0.39, 0.29) is 26.6 Å². The van der Waals surface area contributed by atoms with Crippen LogP contribution in [0.1, 0.15) is 12.0 Å². The van der Waals surface area contributed by atoms with Crippen LogP contribution < -0.4 is 14.8 Å². The fourth-order valence-electron chi connectivity index (χ4n) is 2.98. The van der Waals surface area contributed by atoms with Gasteiger partial charge < -0.3 is 24.3 Å². The first-order valence-corrected chi connectivity index (χ1v) is 8.93. The Morgan fingerprint density at radius 1 is 1.07 bits per heavy atom. The molecule has 9 heteroatoms.